The third kappa shape index (κ3) is 46.8. The van der Waals surface area contributed by atoms with Crippen molar-refractivity contribution in [2.45, 2.75) is 271 Å². The smallest absolute Gasteiger partial charge is 0.306 e. The van der Waals surface area contributed by atoms with Crippen molar-refractivity contribution in [3.05, 3.63) is 36.5 Å². The SMILES string of the molecule is CC/C=C\C/C=C\C/C=C\CCCCCC(=O)OCC(COCCCCCCCCCCCCCCCCCC)OC(=O)CCCCCCCCCCCCCCC. The summed E-state index contributed by atoms with van der Waals surface area (Å²) in [4.78, 5) is 25.3. The van der Waals surface area contributed by atoms with Crippen LogP contribution in [0.1, 0.15) is 265 Å². The van der Waals surface area contributed by atoms with Crippen molar-refractivity contribution in [3.63, 3.8) is 0 Å². The van der Waals surface area contributed by atoms with Gasteiger partial charge in [0, 0.05) is 19.4 Å². The average molecular weight is 815 g/mol. The van der Waals surface area contributed by atoms with E-state index in [1.807, 2.05) is 0 Å². The van der Waals surface area contributed by atoms with Crippen molar-refractivity contribution < 1.29 is 23.8 Å². The van der Waals surface area contributed by atoms with Gasteiger partial charge >= 0.3 is 11.9 Å². The van der Waals surface area contributed by atoms with Crippen molar-refractivity contribution >= 4 is 11.9 Å². The highest BCUT2D eigenvalue weighted by molar-refractivity contribution is 5.70. The molecule has 5 nitrogen and oxygen atoms in total. The van der Waals surface area contributed by atoms with Crippen molar-refractivity contribution in [1.82, 2.24) is 0 Å². The molecule has 0 saturated heterocycles. The second-order valence-corrected chi connectivity index (χ2v) is 17.1. The molecule has 1 unspecified atom stereocenters. The molecule has 0 aliphatic heterocycles. The third-order valence-corrected chi connectivity index (χ3v) is 11.2. The van der Waals surface area contributed by atoms with Crippen LogP contribution in [0.15, 0.2) is 36.5 Å². The Kier molecular flexibility index (Phi) is 47.9. The zero-order valence-corrected chi connectivity index (χ0v) is 39.1. The number of hydrogen-bond donors (Lipinski definition) is 0. The lowest BCUT2D eigenvalue weighted by Gasteiger charge is -2.18. The second kappa shape index (κ2) is 49.5. The van der Waals surface area contributed by atoms with Gasteiger partial charge in [0.2, 0.25) is 0 Å². The van der Waals surface area contributed by atoms with Crippen LogP contribution in [0.3, 0.4) is 0 Å². The molecule has 0 amide bonds. The van der Waals surface area contributed by atoms with Crippen molar-refractivity contribution in [2.75, 3.05) is 19.8 Å². The van der Waals surface area contributed by atoms with Crippen LogP contribution >= 0.6 is 0 Å². The largest absolute Gasteiger partial charge is 0.462 e. The lowest BCUT2D eigenvalue weighted by Crippen LogP contribution is -2.30. The fraction of sp³-hybridized carbons (Fsp3) is 0.849. The predicted octanol–water partition coefficient (Wildman–Crippen LogP) is 17.0. The molecule has 58 heavy (non-hydrogen) atoms. The van der Waals surface area contributed by atoms with E-state index in [0.717, 1.165) is 64.2 Å². The minimum atomic E-state index is -0.540. The van der Waals surface area contributed by atoms with Crippen LogP contribution in [0, 0.1) is 0 Å². The van der Waals surface area contributed by atoms with Crippen molar-refractivity contribution in [3.8, 4) is 0 Å². The Morgan fingerprint density at radius 2 is 0.776 bits per heavy atom. The van der Waals surface area contributed by atoms with Crippen molar-refractivity contribution in [1.29, 1.82) is 0 Å². The first-order chi connectivity index (χ1) is 28.6. The zero-order chi connectivity index (χ0) is 42.1. The first-order valence-electron chi connectivity index (χ1n) is 25.5. The van der Waals surface area contributed by atoms with Gasteiger partial charge in [0.05, 0.1) is 6.61 Å². The first kappa shape index (κ1) is 56.1. The summed E-state index contributed by atoms with van der Waals surface area (Å²) in [6.07, 6.45) is 58.7. The maximum atomic E-state index is 12.8. The molecule has 340 valence electrons. The van der Waals surface area contributed by atoms with Crippen LogP contribution in [0.25, 0.3) is 0 Å². The fourth-order valence-electron chi connectivity index (χ4n) is 7.41. The van der Waals surface area contributed by atoms with Gasteiger partial charge in [0.1, 0.15) is 6.61 Å². The fourth-order valence-corrected chi connectivity index (χ4v) is 7.41. The maximum absolute atomic E-state index is 12.8. The van der Waals surface area contributed by atoms with Gasteiger partial charge in [-0.25, -0.2) is 0 Å². The number of allylic oxidation sites excluding steroid dienone is 6. The molecular weight excluding hydrogens is 717 g/mol. The molecule has 0 bridgehead atoms. The van der Waals surface area contributed by atoms with Gasteiger partial charge in [-0.2, -0.15) is 0 Å². The lowest BCUT2D eigenvalue weighted by molar-refractivity contribution is -0.163. The number of rotatable bonds is 47. The van der Waals surface area contributed by atoms with Crippen LogP contribution in [0.5, 0.6) is 0 Å². The molecule has 0 radical (unpaired) electrons. The summed E-state index contributed by atoms with van der Waals surface area (Å²) in [5.74, 6) is -0.417. The molecule has 0 aromatic heterocycles. The Hall–Kier alpha value is -1.88. The molecule has 0 aliphatic rings. The summed E-state index contributed by atoms with van der Waals surface area (Å²) in [6.45, 7) is 7.73. The highest BCUT2D eigenvalue weighted by Gasteiger charge is 2.17. The molecule has 0 aliphatic carbocycles. The maximum Gasteiger partial charge on any atom is 0.306 e. The number of carbonyl (C=O) groups excluding carboxylic acids is 2. The summed E-state index contributed by atoms with van der Waals surface area (Å²) < 4.78 is 17.4. The van der Waals surface area contributed by atoms with Crippen LogP contribution in [0.2, 0.25) is 0 Å². The lowest BCUT2D eigenvalue weighted by atomic mass is 10.0. The van der Waals surface area contributed by atoms with Gasteiger partial charge in [0.25, 0.3) is 0 Å². The Morgan fingerprint density at radius 1 is 0.397 bits per heavy atom. The normalized spacial score (nSPS) is 12.4. The van der Waals surface area contributed by atoms with Gasteiger partial charge in [-0.15, -0.1) is 0 Å². The van der Waals surface area contributed by atoms with E-state index in [1.165, 1.54) is 167 Å². The van der Waals surface area contributed by atoms with Gasteiger partial charge in [-0.05, 0) is 51.4 Å². The topological polar surface area (TPSA) is 61.8 Å². The summed E-state index contributed by atoms with van der Waals surface area (Å²) >= 11 is 0. The molecule has 0 spiro atoms. The third-order valence-electron chi connectivity index (χ3n) is 11.2. The molecule has 0 rings (SSSR count). The van der Waals surface area contributed by atoms with Gasteiger partial charge in [-0.3, -0.25) is 9.59 Å². The van der Waals surface area contributed by atoms with Crippen LogP contribution in [-0.4, -0.2) is 37.9 Å². The summed E-state index contributed by atoms with van der Waals surface area (Å²) in [5.41, 5.74) is 0. The predicted molar refractivity (Wildman–Crippen MR) is 252 cm³/mol. The minimum absolute atomic E-state index is 0.0760. The second-order valence-electron chi connectivity index (χ2n) is 17.1. The van der Waals surface area contributed by atoms with Gasteiger partial charge in [0.15, 0.2) is 6.10 Å². The molecule has 5 heteroatoms. The van der Waals surface area contributed by atoms with E-state index in [-0.39, 0.29) is 25.2 Å². The molecule has 0 heterocycles. The Morgan fingerprint density at radius 3 is 1.24 bits per heavy atom. The monoisotopic (exact) mass is 815 g/mol. The van der Waals surface area contributed by atoms with E-state index in [4.69, 9.17) is 14.2 Å². The Balaban J connectivity index is 4.25. The van der Waals surface area contributed by atoms with Gasteiger partial charge < -0.3 is 14.2 Å². The molecule has 0 fully saturated rings. The summed E-state index contributed by atoms with van der Waals surface area (Å²) in [7, 11) is 0. The van der Waals surface area contributed by atoms with E-state index in [2.05, 4.69) is 57.2 Å². The standard InChI is InChI=1S/C53H98O5/c1-4-7-10-13-16-19-22-25-26-27-30-33-36-39-42-45-48-56-49-51(58-53(55)47-44-41-38-35-32-29-24-21-18-15-12-9-6-3)50-57-52(54)46-43-40-37-34-31-28-23-20-17-14-11-8-5-2/h8,11,17,20,28,31,51H,4-7,9-10,12-16,18-19,21-27,29-30,32-50H2,1-3H3/b11-8-,20-17-,31-28-. The molecule has 0 aromatic rings. The van der Waals surface area contributed by atoms with Crippen LogP contribution < -0.4 is 0 Å². The zero-order valence-electron chi connectivity index (χ0n) is 39.1. The van der Waals surface area contributed by atoms with E-state index in [1.54, 1.807) is 0 Å². The highest BCUT2D eigenvalue weighted by atomic mass is 16.6. The highest BCUT2D eigenvalue weighted by Crippen LogP contribution is 2.16. The van der Waals surface area contributed by atoms with E-state index in [9.17, 15) is 9.59 Å². The first-order valence-corrected chi connectivity index (χ1v) is 25.5. The number of unbranched alkanes of at least 4 members (excludes halogenated alkanes) is 30. The molecule has 0 aromatic carbocycles. The number of esters is 2. The van der Waals surface area contributed by atoms with E-state index < -0.39 is 6.10 Å². The summed E-state index contributed by atoms with van der Waals surface area (Å²) in [5, 5.41) is 0. The Labute approximate surface area is 361 Å². The van der Waals surface area contributed by atoms with Crippen LogP contribution in [0.4, 0.5) is 0 Å². The number of hydrogen-bond acceptors (Lipinski definition) is 5. The Bertz CT molecular complexity index is 924. The van der Waals surface area contributed by atoms with Gasteiger partial charge in [-0.1, -0.05) is 237 Å². The number of ether oxygens (including phenoxy) is 3. The molecule has 0 saturated carbocycles. The summed E-state index contributed by atoms with van der Waals surface area (Å²) in [6, 6.07) is 0. The number of carbonyl (C=O) groups is 2. The quantitative estimate of drug-likeness (QED) is 0.0348. The van der Waals surface area contributed by atoms with Crippen LogP contribution in [-0.2, 0) is 23.8 Å². The minimum Gasteiger partial charge on any atom is -0.462 e. The average Bonchev–Trinajstić information content (AvgIpc) is 3.22. The van der Waals surface area contributed by atoms with Crippen molar-refractivity contribution in [2.24, 2.45) is 0 Å². The van der Waals surface area contributed by atoms with E-state index in [0.29, 0.717) is 19.4 Å². The molecular formula is C53H98O5. The molecule has 1 atom stereocenters. The van der Waals surface area contributed by atoms with E-state index >= 15 is 0 Å². The molecule has 0 N–H and O–H groups in total.